The lowest BCUT2D eigenvalue weighted by atomic mass is 10.1. The van der Waals surface area contributed by atoms with Crippen molar-refractivity contribution in [3.8, 4) is 0 Å². The zero-order chi connectivity index (χ0) is 11.7. The Hall–Kier alpha value is -1.62. The van der Waals surface area contributed by atoms with Crippen LogP contribution in [-0.4, -0.2) is 27.2 Å². The second-order valence-electron chi connectivity index (χ2n) is 4.76. The maximum atomic E-state index is 5.91. The topological polar surface area (TPSA) is 68.2 Å². The first-order valence-corrected chi connectivity index (χ1v) is 6.11. The highest BCUT2D eigenvalue weighted by molar-refractivity contribution is 5.66. The van der Waals surface area contributed by atoms with E-state index < -0.39 is 0 Å². The molecule has 1 saturated carbocycles. The Morgan fingerprint density at radius 3 is 3.18 bits per heavy atom. The van der Waals surface area contributed by atoms with Gasteiger partial charge in [-0.3, -0.25) is 0 Å². The van der Waals surface area contributed by atoms with Crippen molar-refractivity contribution >= 4 is 11.3 Å². The van der Waals surface area contributed by atoms with Gasteiger partial charge < -0.3 is 11.1 Å². The van der Waals surface area contributed by atoms with E-state index in [2.05, 4.69) is 15.4 Å². The van der Waals surface area contributed by atoms with Crippen LogP contribution < -0.4 is 11.1 Å². The third-order valence-electron chi connectivity index (χ3n) is 3.46. The Balaban J connectivity index is 1.70. The Morgan fingerprint density at radius 2 is 2.35 bits per heavy atom. The molecule has 90 valence electrons. The average molecular weight is 231 g/mol. The summed E-state index contributed by atoms with van der Waals surface area (Å²) >= 11 is 0. The maximum absolute atomic E-state index is 5.91. The summed E-state index contributed by atoms with van der Waals surface area (Å²) in [4.78, 5) is 4.36. The number of nitrogens with zero attached hydrogens (tertiary/aromatic N) is 3. The average Bonchev–Trinajstić information content (AvgIpc) is 2.94. The van der Waals surface area contributed by atoms with Gasteiger partial charge in [0.1, 0.15) is 5.52 Å². The van der Waals surface area contributed by atoms with E-state index in [-0.39, 0.29) is 0 Å². The fraction of sp³-hybridized carbons (Fsp3) is 0.500. The van der Waals surface area contributed by atoms with Gasteiger partial charge in [0.15, 0.2) is 5.82 Å². The Kier molecular flexibility index (Phi) is 2.68. The lowest BCUT2D eigenvalue weighted by Gasteiger charge is -2.12. The third kappa shape index (κ3) is 2.10. The van der Waals surface area contributed by atoms with E-state index in [1.165, 1.54) is 6.42 Å². The summed E-state index contributed by atoms with van der Waals surface area (Å²) in [7, 11) is 0. The summed E-state index contributed by atoms with van der Waals surface area (Å²) in [6.45, 7) is 0.950. The zero-order valence-electron chi connectivity index (χ0n) is 9.71. The van der Waals surface area contributed by atoms with Crippen molar-refractivity contribution in [2.45, 2.75) is 25.3 Å². The first kappa shape index (κ1) is 10.5. The number of hydrogen-bond acceptors (Lipinski definition) is 4. The number of hydrogen-bond donors (Lipinski definition) is 2. The molecule has 1 fully saturated rings. The van der Waals surface area contributed by atoms with Gasteiger partial charge >= 0.3 is 0 Å². The second kappa shape index (κ2) is 4.33. The van der Waals surface area contributed by atoms with Gasteiger partial charge in [-0.05, 0) is 31.2 Å². The molecule has 5 heteroatoms. The minimum atomic E-state index is 0.389. The molecule has 1 aliphatic rings. The summed E-state index contributed by atoms with van der Waals surface area (Å²) in [5.41, 5.74) is 6.93. The molecule has 0 radical (unpaired) electrons. The van der Waals surface area contributed by atoms with E-state index >= 15 is 0 Å². The lowest BCUT2D eigenvalue weighted by Crippen LogP contribution is -2.18. The van der Waals surface area contributed by atoms with Gasteiger partial charge in [-0.15, -0.1) is 0 Å². The van der Waals surface area contributed by atoms with E-state index in [0.29, 0.717) is 12.0 Å². The van der Waals surface area contributed by atoms with Crippen LogP contribution in [0.1, 0.15) is 19.3 Å². The Labute approximate surface area is 100 Å². The van der Waals surface area contributed by atoms with Crippen molar-refractivity contribution in [3.05, 3.63) is 24.7 Å². The predicted molar refractivity (Wildman–Crippen MR) is 66.8 cm³/mol. The van der Waals surface area contributed by atoms with Gasteiger partial charge in [-0.1, -0.05) is 0 Å². The molecule has 2 heterocycles. The smallest absolute Gasteiger partial charge is 0.152 e. The molecule has 0 aromatic carbocycles. The highest BCUT2D eigenvalue weighted by Crippen LogP contribution is 2.24. The van der Waals surface area contributed by atoms with Crippen LogP contribution in [0, 0.1) is 5.92 Å². The lowest BCUT2D eigenvalue weighted by molar-refractivity contribution is 0.565. The van der Waals surface area contributed by atoms with Crippen LogP contribution in [0.2, 0.25) is 0 Å². The molecule has 5 nitrogen and oxygen atoms in total. The standard InChI is InChI=1S/C12H17N5/c13-10-2-1-9(7-10)8-15-12-11-3-4-16-17(11)6-5-14-12/h3-6,9-10H,1-2,7-8,13H2,(H,14,15). The highest BCUT2D eigenvalue weighted by atomic mass is 15.2. The number of rotatable bonds is 3. The summed E-state index contributed by atoms with van der Waals surface area (Å²) in [6.07, 6.45) is 8.89. The SMILES string of the molecule is NC1CCC(CNc2nccn3nccc23)C1. The normalized spacial score (nSPS) is 24.3. The monoisotopic (exact) mass is 231 g/mol. The van der Waals surface area contributed by atoms with Crippen molar-refractivity contribution in [1.29, 1.82) is 0 Å². The van der Waals surface area contributed by atoms with Crippen molar-refractivity contribution in [1.82, 2.24) is 14.6 Å². The molecule has 0 spiro atoms. The molecule has 3 rings (SSSR count). The summed E-state index contributed by atoms with van der Waals surface area (Å²) in [5.74, 6) is 1.58. The number of nitrogens with one attached hydrogen (secondary N) is 1. The summed E-state index contributed by atoms with van der Waals surface area (Å²) in [5, 5.41) is 7.60. The van der Waals surface area contributed by atoms with Crippen LogP contribution in [-0.2, 0) is 0 Å². The van der Waals surface area contributed by atoms with Crippen LogP contribution in [0.3, 0.4) is 0 Å². The minimum Gasteiger partial charge on any atom is -0.368 e. The molecule has 0 saturated heterocycles. The quantitative estimate of drug-likeness (QED) is 0.834. The van der Waals surface area contributed by atoms with Gasteiger partial charge in [0.05, 0.1) is 6.20 Å². The fourth-order valence-electron chi connectivity index (χ4n) is 2.53. The molecule has 3 N–H and O–H groups in total. The van der Waals surface area contributed by atoms with E-state index in [4.69, 9.17) is 5.73 Å². The first-order chi connectivity index (χ1) is 8.33. The number of anilines is 1. The van der Waals surface area contributed by atoms with Gasteiger partial charge in [0.25, 0.3) is 0 Å². The third-order valence-corrected chi connectivity index (χ3v) is 3.46. The van der Waals surface area contributed by atoms with Gasteiger partial charge in [0, 0.05) is 25.0 Å². The van der Waals surface area contributed by atoms with Crippen LogP contribution in [0.4, 0.5) is 5.82 Å². The van der Waals surface area contributed by atoms with E-state index in [9.17, 15) is 0 Å². The second-order valence-corrected chi connectivity index (χ2v) is 4.76. The molecule has 1 aliphatic carbocycles. The molecule has 17 heavy (non-hydrogen) atoms. The summed E-state index contributed by atoms with van der Waals surface area (Å²) < 4.78 is 1.83. The molecule has 2 atom stereocenters. The minimum absolute atomic E-state index is 0.389. The Morgan fingerprint density at radius 1 is 1.41 bits per heavy atom. The van der Waals surface area contributed by atoms with Gasteiger partial charge in [0.2, 0.25) is 0 Å². The van der Waals surface area contributed by atoms with Crippen LogP contribution in [0.25, 0.3) is 5.52 Å². The highest BCUT2D eigenvalue weighted by Gasteiger charge is 2.21. The summed E-state index contributed by atoms with van der Waals surface area (Å²) in [6, 6.07) is 2.36. The molecule has 0 aliphatic heterocycles. The molecule has 0 amide bonds. The van der Waals surface area contributed by atoms with Crippen molar-refractivity contribution in [3.63, 3.8) is 0 Å². The van der Waals surface area contributed by atoms with Crippen molar-refractivity contribution < 1.29 is 0 Å². The largest absolute Gasteiger partial charge is 0.368 e. The van der Waals surface area contributed by atoms with Crippen LogP contribution in [0.15, 0.2) is 24.7 Å². The number of nitrogens with two attached hydrogens (primary N) is 1. The number of fused-ring (bicyclic) bond motifs is 1. The molecular weight excluding hydrogens is 214 g/mol. The predicted octanol–water partition coefficient (Wildman–Crippen LogP) is 1.27. The molecule has 2 unspecified atom stereocenters. The zero-order valence-corrected chi connectivity index (χ0v) is 9.71. The van der Waals surface area contributed by atoms with Crippen molar-refractivity contribution in [2.75, 3.05) is 11.9 Å². The maximum Gasteiger partial charge on any atom is 0.152 e. The van der Waals surface area contributed by atoms with Crippen LogP contribution >= 0.6 is 0 Å². The molecule has 0 bridgehead atoms. The van der Waals surface area contributed by atoms with Gasteiger partial charge in [-0.2, -0.15) is 5.10 Å². The molecule has 2 aromatic heterocycles. The first-order valence-electron chi connectivity index (χ1n) is 6.11. The molecule has 2 aromatic rings. The van der Waals surface area contributed by atoms with Gasteiger partial charge in [-0.25, -0.2) is 9.50 Å². The van der Waals surface area contributed by atoms with E-state index in [0.717, 1.165) is 30.7 Å². The molecular formula is C12H17N5. The number of aromatic nitrogens is 3. The van der Waals surface area contributed by atoms with E-state index in [1.54, 1.807) is 12.4 Å². The fourth-order valence-corrected chi connectivity index (χ4v) is 2.53. The Bertz CT molecular complexity index is 506. The van der Waals surface area contributed by atoms with E-state index in [1.807, 2.05) is 16.8 Å². The van der Waals surface area contributed by atoms with Crippen molar-refractivity contribution in [2.24, 2.45) is 11.7 Å². The van der Waals surface area contributed by atoms with Crippen LogP contribution in [0.5, 0.6) is 0 Å².